The Bertz CT molecular complexity index is 1490. The van der Waals surface area contributed by atoms with E-state index in [0.29, 0.717) is 0 Å². The Balaban J connectivity index is 1.52. The molecule has 1 aliphatic rings. The summed E-state index contributed by atoms with van der Waals surface area (Å²) in [6.45, 7) is 8.25. The zero-order valence-corrected chi connectivity index (χ0v) is 18.1. The number of hydrogen-bond acceptors (Lipinski definition) is 4. The molecular formula is C26H23BN2O2. The molecule has 0 N–H and O–H groups in total. The van der Waals surface area contributed by atoms with Gasteiger partial charge in [-0.15, -0.1) is 0 Å². The van der Waals surface area contributed by atoms with E-state index < -0.39 is 7.12 Å². The van der Waals surface area contributed by atoms with Crippen molar-refractivity contribution in [2.75, 3.05) is 0 Å². The predicted octanol–water partition coefficient (Wildman–Crippen LogP) is 5.39. The van der Waals surface area contributed by atoms with Gasteiger partial charge in [0.15, 0.2) is 0 Å². The van der Waals surface area contributed by atoms with Crippen molar-refractivity contribution in [1.82, 2.24) is 9.97 Å². The summed E-state index contributed by atoms with van der Waals surface area (Å²) in [7, 11) is -0.458. The van der Waals surface area contributed by atoms with Crippen LogP contribution in [0.1, 0.15) is 27.7 Å². The quantitative estimate of drug-likeness (QED) is 0.277. The van der Waals surface area contributed by atoms with Crippen molar-refractivity contribution in [3.05, 3.63) is 66.9 Å². The fourth-order valence-corrected chi connectivity index (χ4v) is 4.51. The summed E-state index contributed by atoms with van der Waals surface area (Å²) in [5.74, 6) is 0. The highest BCUT2D eigenvalue weighted by molar-refractivity contribution is 6.61. The normalized spacial score (nSPS) is 17.9. The van der Waals surface area contributed by atoms with Crippen LogP contribution in [0.5, 0.6) is 0 Å². The Kier molecular flexibility index (Phi) is 3.78. The predicted molar refractivity (Wildman–Crippen MR) is 128 cm³/mol. The molecule has 2 aromatic heterocycles. The Morgan fingerprint density at radius 1 is 0.613 bits per heavy atom. The fraction of sp³-hybridized carbons (Fsp3) is 0.231. The Hall–Kier alpha value is -3.02. The van der Waals surface area contributed by atoms with Crippen LogP contribution in [0.2, 0.25) is 0 Å². The number of rotatable bonds is 1. The van der Waals surface area contributed by atoms with Gasteiger partial charge in [0, 0.05) is 17.0 Å². The highest BCUT2D eigenvalue weighted by atomic mass is 16.7. The summed E-state index contributed by atoms with van der Waals surface area (Å²) in [5, 5.41) is 7.18. The van der Waals surface area contributed by atoms with E-state index in [1.165, 1.54) is 26.9 Å². The van der Waals surface area contributed by atoms with Gasteiger partial charge in [-0.05, 0) is 73.5 Å². The van der Waals surface area contributed by atoms with Gasteiger partial charge in [-0.2, -0.15) is 0 Å². The number of pyridine rings is 2. The second kappa shape index (κ2) is 6.25. The van der Waals surface area contributed by atoms with E-state index in [1.807, 2.05) is 18.3 Å². The van der Waals surface area contributed by atoms with Gasteiger partial charge in [-0.1, -0.05) is 36.4 Å². The number of aromatic nitrogens is 2. The topological polar surface area (TPSA) is 44.2 Å². The van der Waals surface area contributed by atoms with Gasteiger partial charge in [-0.25, -0.2) is 0 Å². The van der Waals surface area contributed by atoms with Gasteiger partial charge in [0.05, 0.1) is 27.8 Å². The number of nitrogens with zero attached hydrogens (tertiary/aromatic N) is 2. The summed E-state index contributed by atoms with van der Waals surface area (Å²) >= 11 is 0. The second-order valence-electron chi connectivity index (χ2n) is 9.35. The van der Waals surface area contributed by atoms with Gasteiger partial charge in [0.25, 0.3) is 0 Å². The first-order chi connectivity index (χ1) is 14.8. The molecule has 5 heteroatoms. The maximum absolute atomic E-state index is 6.19. The lowest BCUT2D eigenvalue weighted by atomic mass is 9.83. The minimum Gasteiger partial charge on any atom is -0.398 e. The molecule has 1 fully saturated rings. The molecule has 0 saturated carbocycles. The zero-order chi connectivity index (χ0) is 21.4. The standard InChI is InChI=1S/C26H23BN2O2/c1-25(2)26(3,4)31-27(30-25)24-14-11-21-19-8-7-18-16(17(19)10-13-23(21)29-24)9-12-22-20(18)6-5-15-28-22/h5-15H,1-4H3. The number of fused-ring (bicyclic) bond motifs is 7. The summed E-state index contributed by atoms with van der Waals surface area (Å²) in [6, 6.07) is 21.2. The molecule has 0 aliphatic carbocycles. The van der Waals surface area contributed by atoms with Gasteiger partial charge in [0.1, 0.15) is 0 Å². The lowest BCUT2D eigenvalue weighted by Crippen LogP contribution is -2.41. The number of benzene rings is 3. The first-order valence-corrected chi connectivity index (χ1v) is 10.7. The summed E-state index contributed by atoms with van der Waals surface area (Å²) < 4.78 is 12.4. The van der Waals surface area contributed by atoms with Crippen LogP contribution in [0.4, 0.5) is 0 Å². The first kappa shape index (κ1) is 18.7. The average Bonchev–Trinajstić information content (AvgIpc) is 2.99. The van der Waals surface area contributed by atoms with Gasteiger partial charge >= 0.3 is 7.12 Å². The molecule has 0 spiro atoms. The molecule has 5 aromatic rings. The molecule has 152 valence electrons. The van der Waals surface area contributed by atoms with Crippen LogP contribution in [-0.4, -0.2) is 28.3 Å². The summed E-state index contributed by atoms with van der Waals surface area (Å²) in [6.07, 6.45) is 1.84. The van der Waals surface area contributed by atoms with Crippen LogP contribution < -0.4 is 5.59 Å². The Morgan fingerprint density at radius 3 is 1.81 bits per heavy atom. The maximum Gasteiger partial charge on any atom is 0.514 e. The largest absolute Gasteiger partial charge is 0.514 e. The fourth-order valence-electron chi connectivity index (χ4n) is 4.51. The van der Waals surface area contributed by atoms with Crippen LogP contribution in [0.15, 0.2) is 66.9 Å². The molecule has 0 unspecified atom stereocenters. The SMILES string of the molecule is CC1(C)OB(c2ccc3c(ccc4c3ccc3c5cccnc5ccc34)n2)OC1(C)C. The van der Waals surface area contributed by atoms with Crippen LogP contribution in [0.3, 0.4) is 0 Å². The molecule has 4 nitrogen and oxygen atoms in total. The Labute approximate surface area is 181 Å². The molecule has 0 radical (unpaired) electrons. The third kappa shape index (κ3) is 2.70. The lowest BCUT2D eigenvalue weighted by Gasteiger charge is -2.32. The van der Waals surface area contributed by atoms with Gasteiger partial charge in [-0.3, -0.25) is 9.97 Å². The monoisotopic (exact) mass is 406 g/mol. The summed E-state index contributed by atoms with van der Waals surface area (Å²) in [5.41, 5.74) is 2.01. The molecular weight excluding hydrogens is 383 g/mol. The van der Waals surface area contributed by atoms with E-state index in [0.717, 1.165) is 22.0 Å². The van der Waals surface area contributed by atoms with Crippen molar-refractivity contribution < 1.29 is 9.31 Å². The van der Waals surface area contributed by atoms with Gasteiger partial charge in [0.2, 0.25) is 0 Å². The second-order valence-corrected chi connectivity index (χ2v) is 9.35. The minimum absolute atomic E-state index is 0.381. The molecule has 3 aromatic carbocycles. The van der Waals surface area contributed by atoms with E-state index in [4.69, 9.17) is 14.3 Å². The molecule has 0 bridgehead atoms. The maximum atomic E-state index is 6.19. The lowest BCUT2D eigenvalue weighted by molar-refractivity contribution is 0.00578. The third-order valence-corrected chi connectivity index (χ3v) is 6.96. The van der Waals surface area contributed by atoms with Crippen LogP contribution >= 0.6 is 0 Å². The van der Waals surface area contributed by atoms with Crippen molar-refractivity contribution >= 4 is 56.1 Å². The third-order valence-electron chi connectivity index (χ3n) is 6.96. The molecule has 0 amide bonds. The van der Waals surface area contributed by atoms with Crippen molar-refractivity contribution in [2.24, 2.45) is 0 Å². The molecule has 1 saturated heterocycles. The number of hydrogen-bond donors (Lipinski definition) is 0. The van der Waals surface area contributed by atoms with Crippen LogP contribution in [0.25, 0.3) is 43.4 Å². The van der Waals surface area contributed by atoms with Crippen molar-refractivity contribution in [2.45, 2.75) is 38.9 Å². The minimum atomic E-state index is -0.458. The van der Waals surface area contributed by atoms with E-state index >= 15 is 0 Å². The Morgan fingerprint density at radius 2 is 1.13 bits per heavy atom. The summed E-state index contributed by atoms with van der Waals surface area (Å²) in [4.78, 5) is 9.40. The van der Waals surface area contributed by atoms with Crippen molar-refractivity contribution in [3.8, 4) is 0 Å². The first-order valence-electron chi connectivity index (χ1n) is 10.7. The van der Waals surface area contributed by atoms with Crippen LogP contribution in [-0.2, 0) is 9.31 Å². The van der Waals surface area contributed by atoms with E-state index in [2.05, 4.69) is 81.2 Å². The molecule has 1 aliphatic heterocycles. The zero-order valence-electron chi connectivity index (χ0n) is 18.1. The highest BCUT2D eigenvalue weighted by Gasteiger charge is 2.52. The van der Waals surface area contributed by atoms with Gasteiger partial charge < -0.3 is 9.31 Å². The molecule has 6 rings (SSSR count). The molecule has 0 atom stereocenters. The van der Waals surface area contributed by atoms with E-state index in [9.17, 15) is 0 Å². The van der Waals surface area contributed by atoms with E-state index in [-0.39, 0.29) is 11.2 Å². The smallest absolute Gasteiger partial charge is 0.398 e. The van der Waals surface area contributed by atoms with E-state index in [1.54, 1.807) is 0 Å². The molecule has 3 heterocycles. The van der Waals surface area contributed by atoms with Crippen molar-refractivity contribution in [1.29, 1.82) is 0 Å². The van der Waals surface area contributed by atoms with Crippen molar-refractivity contribution in [3.63, 3.8) is 0 Å². The average molecular weight is 406 g/mol. The highest BCUT2D eigenvalue weighted by Crippen LogP contribution is 2.37. The van der Waals surface area contributed by atoms with Crippen LogP contribution in [0, 0.1) is 0 Å². The molecule has 31 heavy (non-hydrogen) atoms.